The Balaban J connectivity index is 1.81. The predicted octanol–water partition coefficient (Wildman–Crippen LogP) is 0.117. The van der Waals surface area contributed by atoms with Gasteiger partial charge in [-0.1, -0.05) is 19.9 Å². The first-order valence-corrected chi connectivity index (χ1v) is 10.3. The molecule has 0 N–H and O–H groups in total. The summed E-state index contributed by atoms with van der Waals surface area (Å²) in [7, 11) is -3.26. The minimum atomic E-state index is -3.26. The van der Waals surface area contributed by atoms with Crippen molar-refractivity contribution >= 4 is 21.7 Å². The standard InChI is InChI=1S/C17H23N3O4S/c1-12(2)17(22)20-7-6-19(14-10-25(23,24)11-15(14)20)16(21)8-13-4-3-5-18-9-13/h3-5,9,12,14-15H,6-8,10-11H2,1-2H3/t14-,15+/m0/s1. The summed E-state index contributed by atoms with van der Waals surface area (Å²) in [4.78, 5) is 32.5. The third-order valence-corrected chi connectivity index (χ3v) is 6.55. The summed E-state index contributed by atoms with van der Waals surface area (Å²) in [6.45, 7) is 4.36. The molecule has 25 heavy (non-hydrogen) atoms. The molecule has 7 nitrogen and oxygen atoms in total. The quantitative estimate of drug-likeness (QED) is 0.759. The van der Waals surface area contributed by atoms with Gasteiger partial charge in [0.15, 0.2) is 9.84 Å². The summed E-state index contributed by atoms with van der Waals surface area (Å²) in [5.41, 5.74) is 0.797. The van der Waals surface area contributed by atoms with Gasteiger partial charge in [0.25, 0.3) is 0 Å². The zero-order valence-electron chi connectivity index (χ0n) is 14.5. The number of piperazine rings is 1. The molecule has 3 heterocycles. The van der Waals surface area contributed by atoms with Crippen molar-refractivity contribution in [3.05, 3.63) is 30.1 Å². The molecule has 136 valence electrons. The van der Waals surface area contributed by atoms with E-state index in [1.165, 1.54) is 0 Å². The molecule has 2 atom stereocenters. The maximum absolute atomic E-state index is 12.7. The van der Waals surface area contributed by atoms with Gasteiger partial charge < -0.3 is 9.80 Å². The molecule has 0 aromatic carbocycles. The van der Waals surface area contributed by atoms with E-state index in [9.17, 15) is 18.0 Å². The molecule has 1 aromatic rings. The van der Waals surface area contributed by atoms with Gasteiger partial charge in [0.2, 0.25) is 11.8 Å². The van der Waals surface area contributed by atoms with Crippen molar-refractivity contribution in [1.82, 2.24) is 14.8 Å². The first kappa shape index (κ1) is 17.8. The zero-order valence-corrected chi connectivity index (χ0v) is 15.3. The molecule has 0 spiro atoms. The van der Waals surface area contributed by atoms with E-state index in [0.29, 0.717) is 13.1 Å². The summed E-state index contributed by atoms with van der Waals surface area (Å²) in [6, 6.07) is 2.70. The topological polar surface area (TPSA) is 87.7 Å². The highest BCUT2D eigenvalue weighted by atomic mass is 32.2. The van der Waals surface area contributed by atoms with Crippen LogP contribution < -0.4 is 0 Å². The lowest BCUT2D eigenvalue weighted by atomic mass is 10.0. The van der Waals surface area contributed by atoms with Gasteiger partial charge in [-0.15, -0.1) is 0 Å². The van der Waals surface area contributed by atoms with Crippen LogP contribution in [-0.4, -0.2) is 71.7 Å². The molecule has 2 saturated heterocycles. The van der Waals surface area contributed by atoms with Gasteiger partial charge in [-0.25, -0.2) is 8.42 Å². The van der Waals surface area contributed by atoms with Gasteiger partial charge in [0, 0.05) is 31.4 Å². The van der Waals surface area contributed by atoms with E-state index in [1.807, 2.05) is 6.07 Å². The van der Waals surface area contributed by atoms with Gasteiger partial charge in [-0.2, -0.15) is 0 Å². The van der Waals surface area contributed by atoms with Crippen LogP contribution in [0.1, 0.15) is 19.4 Å². The Morgan fingerprint density at radius 3 is 2.44 bits per heavy atom. The number of rotatable bonds is 3. The summed E-state index contributed by atoms with van der Waals surface area (Å²) in [5, 5.41) is 0. The van der Waals surface area contributed by atoms with Crippen LogP contribution in [0.5, 0.6) is 0 Å². The lowest BCUT2D eigenvalue weighted by molar-refractivity contribution is -0.147. The number of pyridine rings is 1. The van der Waals surface area contributed by atoms with E-state index in [4.69, 9.17) is 0 Å². The first-order valence-electron chi connectivity index (χ1n) is 8.48. The smallest absolute Gasteiger partial charge is 0.227 e. The van der Waals surface area contributed by atoms with Gasteiger partial charge >= 0.3 is 0 Å². The van der Waals surface area contributed by atoms with Crippen LogP contribution in [-0.2, 0) is 25.8 Å². The second kappa shape index (κ2) is 6.74. The van der Waals surface area contributed by atoms with Crippen LogP contribution in [0, 0.1) is 5.92 Å². The highest BCUT2D eigenvalue weighted by Gasteiger charge is 2.49. The molecule has 3 rings (SSSR count). The van der Waals surface area contributed by atoms with E-state index in [1.54, 1.807) is 42.1 Å². The Morgan fingerprint density at radius 1 is 1.20 bits per heavy atom. The first-order chi connectivity index (χ1) is 11.8. The Kier molecular flexibility index (Phi) is 4.81. The molecule has 2 amide bonds. The molecule has 0 radical (unpaired) electrons. The van der Waals surface area contributed by atoms with Gasteiger partial charge in [-0.3, -0.25) is 14.6 Å². The molecule has 0 saturated carbocycles. The van der Waals surface area contributed by atoms with Crippen LogP contribution in [0.4, 0.5) is 0 Å². The van der Waals surface area contributed by atoms with E-state index in [0.717, 1.165) is 5.56 Å². The monoisotopic (exact) mass is 365 g/mol. The fourth-order valence-electron chi connectivity index (χ4n) is 3.65. The predicted molar refractivity (Wildman–Crippen MR) is 92.4 cm³/mol. The number of carbonyl (C=O) groups is 2. The molecule has 8 heteroatoms. The SMILES string of the molecule is CC(C)C(=O)N1CCN(C(=O)Cc2cccnc2)[C@H]2CS(=O)(=O)C[C@H]21. The van der Waals surface area contributed by atoms with Crippen molar-refractivity contribution in [1.29, 1.82) is 0 Å². The van der Waals surface area contributed by atoms with Crippen LogP contribution in [0.3, 0.4) is 0 Å². The van der Waals surface area contributed by atoms with Crippen LogP contribution in [0.2, 0.25) is 0 Å². The average molecular weight is 365 g/mol. The molecule has 0 aliphatic carbocycles. The average Bonchev–Trinajstić information content (AvgIpc) is 2.88. The van der Waals surface area contributed by atoms with Crippen molar-refractivity contribution in [2.24, 2.45) is 5.92 Å². The Labute approximate surface area is 147 Å². The maximum atomic E-state index is 12.7. The number of nitrogens with zero attached hydrogens (tertiary/aromatic N) is 3. The van der Waals surface area contributed by atoms with Crippen LogP contribution in [0.15, 0.2) is 24.5 Å². The highest BCUT2D eigenvalue weighted by Crippen LogP contribution is 2.28. The lowest BCUT2D eigenvalue weighted by Crippen LogP contribution is -2.62. The molecule has 2 aliphatic rings. The minimum Gasteiger partial charge on any atom is -0.335 e. The summed E-state index contributed by atoms with van der Waals surface area (Å²) in [5.74, 6) is -0.490. The van der Waals surface area contributed by atoms with Crippen molar-refractivity contribution in [3.63, 3.8) is 0 Å². The summed E-state index contributed by atoms with van der Waals surface area (Å²) in [6.07, 6.45) is 3.47. The number of aromatic nitrogens is 1. The van der Waals surface area contributed by atoms with E-state index >= 15 is 0 Å². The number of hydrogen-bond acceptors (Lipinski definition) is 5. The Hall–Kier alpha value is -1.96. The molecule has 0 bridgehead atoms. The normalized spacial score (nSPS) is 25.1. The molecule has 0 unspecified atom stereocenters. The second-order valence-corrected chi connectivity index (χ2v) is 9.18. The third-order valence-electron chi connectivity index (χ3n) is 4.85. The third kappa shape index (κ3) is 3.68. The number of carbonyl (C=O) groups excluding carboxylic acids is 2. The number of fused-ring (bicyclic) bond motifs is 1. The van der Waals surface area contributed by atoms with Gasteiger partial charge in [-0.05, 0) is 11.6 Å². The molecular weight excluding hydrogens is 342 g/mol. The number of amides is 2. The minimum absolute atomic E-state index is 0.0496. The molecule has 1 aromatic heterocycles. The van der Waals surface area contributed by atoms with Crippen molar-refractivity contribution in [3.8, 4) is 0 Å². The Morgan fingerprint density at radius 2 is 1.84 bits per heavy atom. The van der Waals surface area contributed by atoms with E-state index in [-0.39, 0.29) is 35.7 Å². The number of hydrogen-bond donors (Lipinski definition) is 0. The van der Waals surface area contributed by atoms with E-state index in [2.05, 4.69) is 4.98 Å². The lowest BCUT2D eigenvalue weighted by Gasteiger charge is -2.44. The fraction of sp³-hybridized carbons (Fsp3) is 0.588. The fourth-order valence-corrected chi connectivity index (χ4v) is 5.63. The van der Waals surface area contributed by atoms with Gasteiger partial charge in [0.1, 0.15) is 0 Å². The van der Waals surface area contributed by atoms with Crippen LogP contribution in [0.25, 0.3) is 0 Å². The van der Waals surface area contributed by atoms with Crippen molar-refractivity contribution < 1.29 is 18.0 Å². The van der Waals surface area contributed by atoms with Crippen molar-refractivity contribution in [2.75, 3.05) is 24.6 Å². The van der Waals surface area contributed by atoms with Gasteiger partial charge in [0.05, 0.1) is 30.0 Å². The maximum Gasteiger partial charge on any atom is 0.227 e. The largest absolute Gasteiger partial charge is 0.335 e. The second-order valence-electron chi connectivity index (χ2n) is 7.02. The summed E-state index contributed by atoms with van der Waals surface area (Å²) < 4.78 is 24.4. The summed E-state index contributed by atoms with van der Waals surface area (Å²) >= 11 is 0. The van der Waals surface area contributed by atoms with E-state index < -0.39 is 21.9 Å². The number of sulfone groups is 1. The molecule has 2 fully saturated rings. The molecule has 2 aliphatic heterocycles. The van der Waals surface area contributed by atoms with Crippen molar-refractivity contribution in [2.45, 2.75) is 32.4 Å². The Bertz CT molecular complexity index is 763. The van der Waals surface area contributed by atoms with Crippen LogP contribution >= 0.6 is 0 Å². The highest BCUT2D eigenvalue weighted by molar-refractivity contribution is 7.91. The molecular formula is C17H23N3O4S. The zero-order chi connectivity index (χ0) is 18.2.